The lowest BCUT2D eigenvalue weighted by Gasteiger charge is -2.27. The number of methoxy groups -OCH3 is 1. The summed E-state index contributed by atoms with van der Waals surface area (Å²) in [6, 6.07) is 7.92. The second-order valence-corrected chi connectivity index (χ2v) is 7.96. The van der Waals surface area contributed by atoms with Gasteiger partial charge in [-0.15, -0.1) is 0 Å². The predicted octanol–water partition coefficient (Wildman–Crippen LogP) is 3.44. The molecular formula is C21H25FN4O4. The maximum atomic E-state index is 14.0. The van der Waals surface area contributed by atoms with Gasteiger partial charge in [-0.05, 0) is 32.9 Å². The zero-order valence-corrected chi connectivity index (χ0v) is 17.4. The average Bonchev–Trinajstić information content (AvgIpc) is 3.09. The summed E-state index contributed by atoms with van der Waals surface area (Å²) in [5, 5.41) is 2.65. The Balaban J connectivity index is 1.77. The van der Waals surface area contributed by atoms with Crippen LogP contribution >= 0.6 is 0 Å². The molecule has 1 fully saturated rings. The summed E-state index contributed by atoms with van der Waals surface area (Å²) in [5.41, 5.74) is 0.539. The number of carbonyl (C=O) groups excluding carboxylic acids is 2. The minimum absolute atomic E-state index is 0.102. The lowest BCUT2D eigenvalue weighted by Crippen LogP contribution is -2.45. The van der Waals surface area contributed by atoms with Gasteiger partial charge in [-0.1, -0.05) is 12.1 Å². The molecule has 0 saturated carbocycles. The third kappa shape index (κ3) is 5.03. The molecule has 1 aliphatic heterocycles. The van der Waals surface area contributed by atoms with Crippen molar-refractivity contribution in [3.63, 3.8) is 0 Å². The summed E-state index contributed by atoms with van der Waals surface area (Å²) in [7, 11) is 1.56. The topological polar surface area (TPSA) is 93.7 Å². The Bertz CT molecular complexity index is 931. The highest BCUT2D eigenvalue weighted by atomic mass is 19.1. The van der Waals surface area contributed by atoms with E-state index in [2.05, 4.69) is 15.3 Å². The highest BCUT2D eigenvalue weighted by molar-refractivity contribution is 5.96. The van der Waals surface area contributed by atoms with Gasteiger partial charge in [0, 0.05) is 18.1 Å². The van der Waals surface area contributed by atoms with E-state index in [9.17, 15) is 14.0 Å². The van der Waals surface area contributed by atoms with Gasteiger partial charge in [0.1, 0.15) is 35.7 Å². The van der Waals surface area contributed by atoms with Gasteiger partial charge in [0.25, 0.3) is 0 Å². The average molecular weight is 416 g/mol. The molecule has 9 heteroatoms. The van der Waals surface area contributed by atoms with E-state index in [1.165, 1.54) is 6.33 Å². The molecule has 2 unspecified atom stereocenters. The number of nitrogens with one attached hydrogen (secondary N) is 1. The highest BCUT2D eigenvalue weighted by Crippen LogP contribution is 2.29. The van der Waals surface area contributed by atoms with Crippen LogP contribution in [-0.2, 0) is 9.53 Å². The van der Waals surface area contributed by atoms with Crippen LogP contribution in [0.25, 0.3) is 11.3 Å². The van der Waals surface area contributed by atoms with Crippen molar-refractivity contribution in [2.75, 3.05) is 19.0 Å². The number of benzene rings is 1. The van der Waals surface area contributed by atoms with Gasteiger partial charge in [-0.3, -0.25) is 9.69 Å². The van der Waals surface area contributed by atoms with Crippen LogP contribution in [-0.4, -0.2) is 58.3 Å². The summed E-state index contributed by atoms with van der Waals surface area (Å²) in [6.45, 7) is 4.94. The van der Waals surface area contributed by atoms with Gasteiger partial charge in [-0.25, -0.2) is 19.2 Å². The number of likely N-dealkylation sites (tertiary alicyclic amines) is 1. The van der Waals surface area contributed by atoms with Crippen molar-refractivity contribution in [2.24, 2.45) is 0 Å². The first-order chi connectivity index (χ1) is 14.2. The number of carbonyl (C=O) groups is 2. The minimum atomic E-state index is -1.30. The summed E-state index contributed by atoms with van der Waals surface area (Å²) in [5.74, 6) is 0.327. The molecule has 1 aromatic carbocycles. The fourth-order valence-corrected chi connectivity index (χ4v) is 3.19. The smallest absolute Gasteiger partial charge is 0.411 e. The van der Waals surface area contributed by atoms with E-state index < -0.39 is 29.8 Å². The van der Waals surface area contributed by atoms with Crippen LogP contribution in [0, 0.1) is 0 Å². The molecule has 2 amide bonds. The molecule has 2 atom stereocenters. The van der Waals surface area contributed by atoms with E-state index in [1.54, 1.807) is 40.0 Å². The first-order valence-corrected chi connectivity index (χ1v) is 9.58. The summed E-state index contributed by atoms with van der Waals surface area (Å²) < 4.78 is 24.7. The second-order valence-electron chi connectivity index (χ2n) is 7.96. The Kier molecular flexibility index (Phi) is 6.19. The van der Waals surface area contributed by atoms with Crippen LogP contribution in [0.1, 0.15) is 27.2 Å². The number of rotatable bonds is 4. The van der Waals surface area contributed by atoms with E-state index in [0.29, 0.717) is 11.4 Å². The first-order valence-electron chi connectivity index (χ1n) is 9.58. The van der Waals surface area contributed by atoms with Gasteiger partial charge in [-0.2, -0.15) is 0 Å². The molecule has 0 bridgehead atoms. The van der Waals surface area contributed by atoms with Crippen LogP contribution in [0.4, 0.5) is 15.0 Å². The second kappa shape index (κ2) is 8.64. The third-order valence-corrected chi connectivity index (χ3v) is 4.48. The Labute approximate surface area is 174 Å². The zero-order valence-electron chi connectivity index (χ0n) is 17.4. The standard InChI is InChI=1S/C21H25FN4O4/c1-21(2,3)30-20(28)26-11-13(22)9-16(26)19(27)25-18-10-15(23-12-24-18)14-7-5-6-8-17(14)29-4/h5-8,10,12-13,16H,9,11H2,1-4H3,(H,23,24,25,27). The van der Waals surface area contributed by atoms with Crippen molar-refractivity contribution in [3.05, 3.63) is 36.7 Å². The van der Waals surface area contributed by atoms with Crippen molar-refractivity contribution < 1.29 is 23.5 Å². The summed E-state index contributed by atoms with van der Waals surface area (Å²) in [4.78, 5) is 34.6. The molecule has 2 aromatic rings. The van der Waals surface area contributed by atoms with Crippen molar-refractivity contribution in [3.8, 4) is 17.0 Å². The molecule has 1 N–H and O–H groups in total. The Morgan fingerprint density at radius 2 is 1.97 bits per heavy atom. The Hall–Kier alpha value is -3.23. The maximum absolute atomic E-state index is 14.0. The van der Waals surface area contributed by atoms with E-state index in [1.807, 2.05) is 18.2 Å². The number of anilines is 1. The minimum Gasteiger partial charge on any atom is -0.496 e. The number of halogens is 1. The van der Waals surface area contributed by atoms with Crippen molar-refractivity contribution >= 4 is 17.8 Å². The normalized spacial score (nSPS) is 18.8. The molecular weight excluding hydrogens is 391 g/mol. The Morgan fingerprint density at radius 1 is 1.23 bits per heavy atom. The quantitative estimate of drug-likeness (QED) is 0.821. The van der Waals surface area contributed by atoms with Crippen molar-refractivity contribution in [1.29, 1.82) is 0 Å². The van der Waals surface area contributed by atoms with Crippen LogP contribution in [0.5, 0.6) is 5.75 Å². The lowest BCUT2D eigenvalue weighted by molar-refractivity contribution is -0.120. The molecule has 2 heterocycles. The van der Waals surface area contributed by atoms with Crippen LogP contribution in [0.3, 0.4) is 0 Å². The molecule has 1 aromatic heterocycles. The lowest BCUT2D eigenvalue weighted by atomic mass is 10.1. The van der Waals surface area contributed by atoms with Gasteiger partial charge in [0.05, 0.1) is 19.3 Å². The van der Waals surface area contributed by atoms with Crippen LogP contribution < -0.4 is 10.1 Å². The summed E-state index contributed by atoms with van der Waals surface area (Å²) >= 11 is 0. The number of hydrogen-bond donors (Lipinski definition) is 1. The van der Waals surface area contributed by atoms with E-state index in [-0.39, 0.29) is 18.8 Å². The number of hydrogen-bond acceptors (Lipinski definition) is 6. The zero-order chi connectivity index (χ0) is 21.9. The Morgan fingerprint density at radius 3 is 2.67 bits per heavy atom. The fraction of sp³-hybridized carbons (Fsp3) is 0.429. The van der Waals surface area contributed by atoms with Crippen molar-refractivity contribution in [2.45, 2.75) is 45.0 Å². The molecule has 1 aliphatic rings. The number of ether oxygens (including phenoxy) is 2. The number of alkyl halides is 1. The van der Waals surface area contributed by atoms with E-state index in [0.717, 1.165) is 10.5 Å². The third-order valence-electron chi connectivity index (χ3n) is 4.48. The van der Waals surface area contributed by atoms with Crippen LogP contribution in [0.2, 0.25) is 0 Å². The number of amides is 2. The van der Waals surface area contributed by atoms with Gasteiger partial charge < -0.3 is 14.8 Å². The van der Waals surface area contributed by atoms with E-state index in [4.69, 9.17) is 9.47 Å². The number of nitrogens with zero attached hydrogens (tertiary/aromatic N) is 3. The highest BCUT2D eigenvalue weighted by Gasteiger charge is 2.41. The van der Waals surface area contributed by atoms with E-state index >= 15 is 0 Å². The van der Waals surface area contributed by atoms with Gasteiger partial charge >= 0.3 is 6.09 Å². The molecule has 160 valence electrons. The fourth-order valence-electron chi connectivity index (χ4n) is 3.19. The van der Waals surface area contributed by atoms with Gasteiger partial charge in [0.2, 0.25) is 5.91 Å². The molecule has 0 aliphatic carbocycles. The summed E-state index contributed by atoms with van der Waals surface area (Å²) in [6.07, 6.45) is -0.812. The largest absolute Gasteiger partial charge is 0.496 e. The number of para-hydroxylation sites is 1. The first kappa shape index (κ1) is 21.5. The molecule has 1 saturated heterocycles. The molecule has 3 rings (SSSR count). The molecule has 8 nitrogen and oxygen atoms in total. The SMILES string of the molecule is COc1ccccc1-c1cc(NC(=O)C2CC(F)CN2C(=O)OC(C)(C)C)ncn1. The van der Waals surface area contributed by atoms with Crippen LogP contribution in [0.15, 0.2) is 36.7 Å². The maximum Gasteiger partial charge on any atom is 0.411 e. The predicted molar refractivity (Wildman–Crippen MR) is 109 cm³/mol. The monoisotopic (exact) mass is 416 g/mol. The molecule has 30 heavy (non-hydrogen) atoms. The number of aromatic nitrogens is 2. The molecule has 0 spiro atoms. The van der Waals surface area contributed by atoms with Gasteiger partial charge in [0.15, 0.2) is 0 Å². The molecule has 0 radical (unpaired) electrons. The van der Waals surface area contributed by atoms with Crippen molar-refractivity contribution in [1.82, 2.24) is 14.9 Å².